The van der Waals surface area contributed by atoms with E-state index in [2.05, 4.69) is 79.9 Å². The van der Waals surface area contributed by atoms with Crippen LogP contribution in [0.5, 0.6) is 0 Å². The number of nitrogens with zero attached hydrogens (tertiary/aromatic N) is 1. The Kier molecular flexibility index (Phi) is 45.5. The van der Waals surface area contributed by atoms with E-state index in [1.807, 2.05) is 27.2 Å². The fraction of sp³-hybridized carbons (Fsp3) is 0.768. The summed E-state index contributed by atoms with van der Waals surface area (Å²) in [5, 5.41) is 13.9. The number of hydrogen-bond acceptors (Lipinski definition) is 5. The summed E-state index contributed by atoms with van der Waals surface area (Å²) in [5.74, 6) is -0.193. The number of rotatable bonds is 48. The Hall–Kier alpha value is -2.06. The number of quaternary nitrogens is 1. The third-order valence-corrected chi connectivity index (χ3v) is 12.6. The van der Waals surface area contributed by atoms with E-state index in [0.29, 0.717) is 17.4 Å². The number of allylic oxidation sites excluding steroid dienone is 11. The molecule has 0 aromatic rings. The van der Waals surface area contributed by atoms with E-state index >= 15 is 0 Å². The highest BCUT2D eigenvalue weighted by molar-refractivity contribution is 7.47. The van der Waals surface area contributed by atoms with Crippen LogP contribution in [0.15, 0.2) is 72.9 Å². The maximum atomic E-state index is 13.0. The zero-order valence-corrected chi connectivity index (χ0v) is 43.9. The van der Waals surface area contributed by atoms with Crippen molar-refractivity contribution < 1.29 is 32.9 Å². The monoisotopic (exact) mass is 932 g/mol. The minimum atomic E-state index is -4.36. The van der Waals surface area contributed by atoms with Crippen molar-refractivity contribution in [2.24, 2.45) is 0 Å². The molecule has 1 amide bonds. The lowest BCUT2D eigenvalue weighted by molar-refractivity contribution is -0.870. The van der Waals surface area contributed by atoms with Gasteiger partial charge in [0.2, 0.25) is 5.91 Å². The first-order chi connectivity index (χ1) is 31.5. The van der Waals surface area contributed by atoms with E-state index in [1.54, 1.807) is 6.08 Å². The predicted molar refractivity (Wildman–Crippen MR) is 281 cm³/mol. The molecule has 0 rings (SSSR count). The molecule has 0 fully saturated rings. The molecular formula is C56H104N2O6P+. The predicted octanol–water partition coefficient (Wildman–Crippen LogP) is 15.9. The lowest BCUT2D eigenvalue weighted by Gasteiger charge is -2.25. The first-order valence-corrected chi connectivity index (χ1v) is 28.3. The van der Waals surface area contributed by atoms with Crippen LogP contribution >= 0.6 is 7.82 Å². The highest BCUT2D eigenvalue weighted by atomic mass is 31.2. The van der Waals surface area contributed by atoms with Gasteiger partial charge in [0.1, 0.15) is 13.2 Å². The Morgan fingerprint density at radius 2 is 0.938 bits per heavy atom. The quantitative estimate of drug-likeness (QED) is 0.0243. The van der Waals surface area contributed by atoms with Gasteiger partial charge in [0.15, 0.2) is 0 Å². The molecule has 3 unspecified atom stereocenters. The lowest BCUT2D eigenvalue weighted by atomic mass is 10.0. The van der Waals surface area contributed by atoms with Crippen LogP contribution in [0.3, 0.4) is 0 Å². The lowest BCUT2D eigenvalue weighted by Crippen LogP contribution is -2.45. The zero-order valence-electron chi connectivity index (χ0n) is 43.0. The molecule has 0 bridgehead atoms. The van der Waals surface area contributed by atoms with Crippen molar-refractivity contribution in [3.05, 3.63) is 72.9 Å². The molecule has 0 aliphatic carbocycles. The molecule has 0 aliphatic heterocycles. The number of nitrogens with one attached hydrogen (secondary N) is 1. The summed E-state index contributed by atoms with van der Waals surface area (Å²) < 4.78 is 23.7. The summed E-state index contributed by atoms with van der Waals surface area (Å²) in [6, 6.07) is -0.869. The summed E-state index contributed by atoms with van der Waals surface area (Å²) >= 11 is 0. The van der Waals surface area contributed by atoms with E-state index in [0.717, 1.165) is 64.2 Å². The van der Waals surface area contributed by atoms with Crippen molar-refractivity contribution >= 4 is 13.7 Å². The van der Waals surface area contributed by atoms with Crippen molar-refractivity contribution in [1.29, 1.82) is 0 Å². The largest absolute Gasteiger partial charge is 0.472 e. The van der Waals surface area contributed by atoms with Crippen LogP contribution in [0.4, 0.5) is 0 Å². The second-order valence-electron chi connectivity index (χ2n) is 19.2. The summed E-state index contributed by atoms with van der Waals surface area (Å²) in [6.45, 7) is 4.69. The Balaban J connectivity index is 4.33. The van der Waals surface area contributed by atoms with Crippen LogP contribution < -0.4 is 5.32 Å². The smallest absolute Gasteiger partial charge is 0.387 e. The van der Waals surface area contributed by atoms with Crippen LogP contribution in [-0.4, -0.2) is 73.4 Å². The Morgan fingerprint density at radius 1 is 0.538 bits per heavy atom. The van der Waals surface area contributed by atoms with Crippen molar-refractivity contribution in [2.75, 3.05) is 40.9 Å². The van der Waals surface area contributed by atoms with Crippen LogP contribution in [-0.2, 0) is 18.4 Å². The minimum Gasteiger partial charge on any atom is -0.387 e. The molecule has 65 heavy (non-hydrogen) atoms. The number of amides is 1. The molecular weight excluding hydrogens is 828 g/mol. The Morgan fingerprint density at radius 3 is 1.42 bits per heavy atom. The van der Waals surface area contributed by atoms with Gasteiger partial charge in [0.25, 0.3) is 0 Å². The number of carbonyl (C=O) groups excluding carboxylic acids is 1. The molecule has 378 valence electrons. The van der Waals surface area contributed by atoms with Gasteiger partial charge in [0, 0.05) is 6.42 Å². The summed E-state index contributed by atoms with van der Waals surface area (Å²) in [7, 11) is 1.55. The van der Waals surface area contributed by atoms with E-state index in [1.165, 1.54) is 141 Å². The SMILES string of the molecule is CC/C=C\C/C=C\C/C=C\C/C=C\CCCCCCCCCCCCC(=O)NC(COP(=O)(O)OCC[N+](C)(C)C)C(O)/C=C/CC/C=C/CCCCCCCCCCCCCCCC. The number of phosphoric acid groups is 1. The highest BCUT2D eigenvalue weighted by Gasteiger charge is 2.27. The average Bonchev–Trinajstić information content (AvgIpc) is 3.26. The van der Waals surface area contributed by atoms with Crippen LogP contribution in [0, 0.1) is 0 Å². The molecule has 0 heterocycles. The molecule has 0 aromatic heterocycles. The number of aliphatic hydroxyl groups is 1. The summed E-state index contributed by atoms with van der Waals surface area (Å²) in [5.41, 5.74) is 0. The van der Waals surface area contributed by atoms with Gasteiger partial charge in [-0.25, -0.2) is 4.57 Å². The van der Waals surface area contributed by atoms with Gasteiger partial charge in [-0.2, -0.15) is 0 Å². The van der Waals surface area contributed by atoms with E-state index in [9.17, 15) is 19.4 Å². The van der Waals surface area contributed by atoms with Crippen molar-refractivity contribution in [2.45, 2.75) is 238 Å². The molecule has 9 heteroatoms. The summed E-state index contributed by atoms with van der Waals surface area (Å²) in [4.78, 5) is 23.3. The number of likely N-dealkylation sites (N-methyl/N-ethyl adjacent to an activating group) is 1. The molecule has 3 N–H and O–H groups in total. The fourth-order valence-corrected chi connectivity index (χ4v) is 8.20. The van der Waals surface area contributed by atoms with Gasteiger partial charge < -0.3 is 19.8 Å². The first kappa shape index (κ1) is 62.9. The second kappa shape index (κ2) is 47.0. The minimum absolute atomic E-state index is 0.0525. The van der Waals surface area contributed by atoms with Gasteiger partial charge in [-0.3, -0.25) is 13.8 Å². The van der Waals surface area contributed by atoms with Gasteiger partial charge in [-0.05, 0) is 70.6 Å². The maximum Gasteiger partial charge on any atom is 0.472 e. The van der Waals surface area contributed by atoms with Gasteiger partial charge in [0.05, 0.1) is 39.9 Å². The zero-order chi connectivity index (χ0) is 47.8. The van der Waals surface area contributed by atoms with Crippen molar-refractivity contribution in [3.8, 4) is 0 Å². The number of unbranched alkanes of at least 4 members (excludes halogenated alkanes) is 25. The maximum absolute atomic E-state index is 13.0. The molecule has 0 radical (unpaired) electrons. The third-order valence-electron chi connectivity index (χ3n) is 11.7. The normalized spacial score (nSPS) is 14.6. The molecule has 0 aliphatic rings. The molecule has 3 atom stereocenters. The molecule has 8 nitrogen and oxygen atoms in total. The molecule has 0 saturated carbocycles. The van der Waals surface area contributed by atoms with Crippen LogP contribution in [0.1, 0.15) is 226 Å². The van der Waals surface area contributed by atoms with Crippen molar-refractivity contribution in [3.63, 3.8) is 0 Å². The molecule has 0 aromatic carbocycles. The van der Waals surface area contributed by atoms with Gasteiger partial charge >= 0.3 is 7.82 Å². The number of carbonyl (C=O) groups is 1. The average molecular weight is 932 g/mol. The third kappa shape index (κ3) is 49.7. The topological polar surface area (TPSA) is 105 Å². The van der Waals surface area contributed by atoms with E-state index in [4.69, 9.17) is 9.05 Å². The summed E-state index contributed by atoms with van der Waals surface area (Å²) in [6.07, 6.45) is 64.2. The van der Waals surface area contributed by atoms with Gasteiger partial charge in [-0.15, -0.1) is 0 Å². The number of phosphoric ester groups is 1. The van der Waals surface area contributed by atoms with Crippen LogP contribution in [0.2, 0.25) is 0 Å². The fourth-order valence-electron chi connectivity index (χ4n) is 7.46. The van der Waals surface area contributed by atoms with Crippen molar-refractivity contribution in [1.82, 2.24) is 5.32 Å². The van der Waals surface area contributed by atoms with Gasteiger partial charge in [-0.1, -0.05) is 222 Å². The number of aliphatic hydroxyl groups excluding tert-OH is 1. The Bertz CT molecular complexity index is 1290. The molecule has 0 spiro atoms. The molecule has 0 saturated heterocycles. The Labute approximate surface area is 402 Å². The standard InChI is InChI=1S/C56H103N2O6P/c1-6-8-10-12-14-16-18-20-22-24-26-28-29-30-32-34-36-38-40-42-44-46-48-50-56(60)57-54(53-64-65(61,62)63-52-51-58(3,4)5)55(59)49-47-45-43-41-39-37-35-33-31-27-25-23-21-19-17-15-13-11-9-7-2/h8,10,14,16,20,22,26,28,39,41,47,49,54-55,59H,6-7,9,11-13,15,17-19,21,23-25,27,29-38,40,42-46,48,50-53H2,1-5H3,(H-,57,60,61,62)/p+1/b10-8-,16-14-,22-20-,28-26-,41-39+,49-47+. The first-order valence-electron chi connectivity index (χ1n) is 26.8. The number of hydrogen-bond donors (Lipinski definition) is 3. The van der Waals surface area contributed by atoms with E-state index in [-0.39, 0.29) is 19.1 Å². The second-order valence-corrected chi connectivity index (χ2v) is 20.7. The highest BCUT2D eigenvalue weighted by Crippen LogP contribution is 2.43. The van der Waals surface area contributed by atoms with E-state index < -0.39 is 20.0 Å². The van der Waals surface area contributed by atoms with Crippen LogP contribution in [0.25, 0.3) is 0 Å².